The summed E-state index contributed by atoms with van der Waals surface area (Å²) in [6.07, 6.45) is 6.67. The highest BCUT2D eigenvalue weighted by Gasteiger charge is 2.30. The third-order valence-electron chi connectivity index (χ3n) is 3.21. The molecule has 15 heavy (non-hydrogen) atoms. The maximum atomic E-state index is 11.9. The first-order valence-corrected chi connectivity index (χ1v) is 7.24. The highest BCUT2D eigenvalue weighted by molar-refractivity contribution is 7.90. The molecule has 1 aliphatic carbocycles. The molecule has 1 saturated carbocycles. The van der Waals surface area contributed by atoms with Crippen LogP contribution in [0.1, 0.15) is 59.8 Å². The van der Waals surface area contributed by atoms with Gasteiger partial charge in [0.1, 0.15) is 4.75 Å². The van der Waals surface area contributed by atoms with Gasteiger partial charge in [-0.3, -0.25) is 0 Å². The maximum absolute atomic E-state index is 11.9. The molecule has 0 aliphatic heterocycles. The van der Waals surface area contributed by atoms with Gasteiger partial charge in [0.25, 0.3) is 0 Å². The normalized spacial score (nSPS) is 23.8. The molecule has 0 aromatic carbocycles. The maximum Gasteiger partial charge on any atom is 0.136 e. The van der Waals surface area contributed by atoms with Gasteiger partial charge in [0.2, 0.25) is 0 Å². The molecule has 2 atom stereocenters. The van der Waals surface area contributed by atoms with Crippen LogP contribution >= 0.6 is 0 Å². The molecule has 1 fully saturated rings. The summed E-state index contributed by atoms with van der Waals surface area (Å²) in [5, 5.41) is 0. The van der Waals surface area contributed by atoms with E-state index < -0.39 is 11.4 Å². The van der Waals surface area contributed by atoms with Crippen LogP contribution in [0, 0.1) is 5.92 Å². The highest BCUT2D eigenvalue weighted by atomic mass is 32.2. The Morgan fingerprint density at radius 2 is 1.73 bits per heavy atom. The van der Waals surface area contributed by atoms with Crippen LogP contribution in [0.2, 0.25) is 0 Å². The van der Waals surface area contributed by atoms with Crippen molar-refractivity contribution in [1.82, 2.24) is 4.72 Å². The average Bonchev–Trinajstić information content (AvgIpc) is 2.17. The minimum atomic E-state index is -0.919. The second kappa shape index (κ2) is 5.55. The SMILES string of the molecule is C[C@H](N[S@+]([O-])C(C)(C)C)C1CCCCC1. The lowest BCUT2D eigenvalue weighted by molar-refractivity contribution is 0.301. The molecule has 2 nitrogen and oxygen atoms in total. The number of nitrogens with one attached hydrogen (secondary N) is 1. The van der Waals surface area contributed by atoms with Gasteiger partial charge in [-0.1, -0.05) is 19.3 Å². The van der Waals surface area contributed by atoms with Gasteiger partial charge in [0.15, 0.2) is 0 Å². The second-order valence-electron chi connectivity index (χ2n) is 5.69. The Hall–Kier alpha value is 0.270. The Balaban J connectivity index is 2.36. The van der Waals surface area contributed by atoms with E-state index in [1.54, 1.807) is 0 Å². The van der Waals surface area contributed by atoms with E-state index in [0.29, 0.717) is 6.04 Å². The van der Waals surface area contributed by atoms with Crippen molar-refractivity contribution in [2.75, 3.05) is 0 Å². The first kappa shape index (κ1) is 13.3. The Labute approximate surface area is 97.5 Å². The van der Waals surface area contributed by atoms with Crippen molar-refractivity contribution in [2.45, 2.75) is 70.6 Å². The predicted molar refractivity (Wildman–Crippen MR) is 67.1 cm³/mol. The number of hydrogen-bond acceptors (Lipinski definition) is 2. The lowest BCUT2D eigenvalue weighted by Gasteiger charge is -2.32. The van der Waals surface area contributed by atoms with Gasteiger partial charge >= 0.3 is 0 Å². The fourth-order valence-electron chi connectivity index (χ4n) is 2.08. The highest BCUT2D eigenvalue weighted by Crippen LogP contribution is 2.27. The van der Waals surface area contributed by atoms with E-state index in [1.165, 1.54) is 32.1 Å². The van der Waals surface area contributed by atoms with Crippen LogP contribution in [0.4, 0.5) is 0 Å². The Bertz CT molecular complexity index is 185. The lowest BCUT2D eigenvalue weighted by Crippen LogP contribution is -2.46. The van der Waals surface area contributed by atoms with Gasteiger partial charge in [-0.2, -0.15) is 0 Å². The number of hydrogen-bond donors (Lipinski definition) is 1. The van der Waals surface area contributed by atoms with Crippen molar-refractivity contribution in [2.24, 2.45) is 5.92 Å². The fraction of sp³-hybridized carbons (Fsp3) is 1.00. The van der Waals surface area contributed by atoms with Crippen molar-refractivity contribution in [3.8, 4) is 0 Å². The van der Waals surface area contributed by atoms with Crippen LogP contribution in [0.25, 0.3) is 0 Å². The zero-order valence-electron chi connectivity index (χ0n) is 10.5. The van der Waals surface area contributed by atoms with E-state index >= 15 is 0 Å². The molecule has 0 saturated heterocycles. The summed E-state index contributed by atoms with van der Waals surface area (Å²) in [4.78, 5) is 0. The minimum Gasteiger partial charge on any atom is -0.598 e. The standard InChI is InChI=1S/C12H25NOS/c1-10(11-8-6-5-7-9-11)13-15(14)12(2,3)4/h10-11,13H,5-9H2,1-4H3/t10-,15+/m0/s1. The van der Waals surface area contributed by atoms with Crippen molar-refractivity contribution >= 4 is 11.4 Å². The first-order valence-electron chi connectivity index (χ1n) is 6.09. The molecule has 1 N–H and O–H groups in total. The van der Waals surface area contributed by atoms with Crippen LogP contribution in [0.3, 0.4) is 0 Å². The third-order valence-corrected chi connectivity index (χ3v) is 4.90. The Morgan fingerprint density at radius 1 is 1.20 bits per heavy atom. The summed E-state index contributed by atoms with van der Waals surface area (Å²) < 4.78 is 15.0. The fourth-order valence-corrected chi connectivity index (χ4v) is 2.96. The van der Waals surface area contributed by atoms with Crippen LogP contribution in [0.15, 0.2) is 0 Å². The molecule has 0 spiro atoms. The largest absolute Gasteiger partial charge is 0.598 e. The average molecular weight is 231 g/mol. The Morgan fingerprint density at radius 3 is 2.20 bits per heavy atom. The molecule has 0 radical (unpaired) electrons. The van der Waals surface area contributed by atoms with Crippen molar-refractivity contribution in [3.63, 3.8) is 0 Å². The van der Waals surface area contributed by atoms with Crippen LogP contribution in [-0.4, -0.2) is 15.3 Å². The van der Waals surface area contributed by atoms with E-state index in [-0.39, 0.29) is 4.75 Å². The second-order valence-corrected chi connectivity index (χ2v) is 7.68. The van der Waals surface area contributed by atoms with Crippen LogP contribution in [-0.2, 0) is 11.4 Å². The van der Waals surface area contributed by atoms with Gasteiger partial charge in [0, 0.05) is 11.4 Å². The summed E-state index contributed by atoms with van der Waals surface area (Å²) in [7, 11) is 0. The van der Waals surface area contributed by atoms with Gasteiger partial charge in [-0.15, -0.1) is 4.72 Å². The van der Waals surface area contributed by atoms with Crippen LogP contribution < -0.4 is 4.72 Å². The van der Waals surface area contributed by atoms with E-state index in [1.807, 2.05) is 20.8 Å². The molecule has 0 aromatic heterocycles. The quantitative estimate of drug-likeness (QED) is 0.758. The summed E-state index contributed by atoms with van der Waals surface area (Å²) in [6.45, 7) is 8.23. The zero-order chi connectivity index (χ0) is 11.5. The molecule has 0 amide bonds. The molecule has 0 heterocycles. The van der Waals surface area contributed by atoms with E-state index in [0.717, 1.165) is 5.92 Å². The molecular formula is C12H25NOS. The predicted octanol–water partition coefficient (Wildman–Crippen LogP) is 3.01. The van der Waals surface area contributed by atoms with Crippen molar-refractivity contribution in [1.29, 1.82) is 0 Å². The third kappa shape index (κ3) is 4.33. The monoisotopic (exact) mass is 231 g/mol. The van der Waals surface area contributed by atoms with Gasteiger partial charge in [0.05, 0.1) is 6.04 Å². The molecule has 1 aliphatic rings. The Kier molecular flexibility index (Phi) is 4.94. The van der Waals surface area contributed by atoms with Gasteiger partial charge < -0.3 is 4.55 Å². The number of rotatable bonds is 3. The van der Waals surface area contributed by atoms with E-state index in [2.05, 4.69) is 11.6 Å². The van der Waals surface area contributed by atoms with E-state index in [9.17, 15) is 4.55 Å². The van der Waals surface area contributed by atoms with Crippen LogP contribution in [0.5, 0.6) is 0 Å². The minimum absolute atomic E-state index is 0.150. The van der Waals surface area contributed by atoms with Gasteiger partial charge in [-0.05, 0) is 46.5 Å². The van der Waals surface area contributed by atoms with Gasteiger partial charge in [-0.25, -0.2) is 0 Å². The van der Waals surface area contributed by atoms with Crippen molar-refractivity contribution in [3.05, 3.63) is 0 Å². The summed E-state index contributed by atoms with van der Waals surface area (Å²) in [5.41, 5.74) is 0. The lowest BCUT2D eigenvalue weighted by atomic mass is 9.85. The zero-order valence-corrected chi connectivity index (χ0v) is 11.3. The molecule has 0 aromatic rings. The first-order chi connectivity index (χ1) is 6.91. The smallest absolute Gasteiger partial charge is 0.136 e. The van der Waals surface area contributed by atoms with Crippen molar-refractivity contribution < 1.29 is 4.55 Å². The summed E-state index contributed by atoms with van der Waals surface area (Å²) in [5.74, 6) is 0.727. The topological polar surface area (TPSA) is 35.1 Å². The van der Waals surface area contributed by atoms with E-state index in [4.69, 9.17) is 0 Å². The molecular weight excluding hydrogens is 206 g/mol. The summed E-state index contributed by atoms with van der Waals surface area (Å²) in [6, 6.07) is 0.394. The molecule has 90 valence electrons. The summed E-state index contributed by atoms with van der Waals surface area (Å²) >= 11 is -0.919. The molecule has 0 unspecified atom stereocenters. The molecule has 0 bridgehead atoms. The molecule has 1 rings (SSSR count). The molecule has 3 heteroatoms.